The van der Waals surface area contributed by atoms with Crippen molar-refractivity contribution in [2.24, 2.45) is 0 Å². The third-order valence-corrected chi connectivity index (χ3v) is 3.78. The lowest BCUT2D eigenvalue weighted by Crippen LogP contribution is -2.47. The zero-order chi connectivity index (χ0) is 13.0. The molecule has 0 unspecified atom stereocenters. The summed E-state index contributed by atoms with van der Waals surface area (Å²) in [6.07, 6.45) is 5.55. The number of hydrogen-bond donors (Lipinski definition) is 0. The fraction of sp³-hybridized carbons (Fsp3) is 0.846. The second-order valence-corrected chi connectivity index (χ2v) is 4.98. The Morgan fingerprint density at radius 3 is 2.50 bits per heavy atom. The van der Waals surface area contributed by atoms with Crippen molar-refractivity contribution in [2.75, 3.05) is 20.3 Å². The highest BCUT2D eigenvalue weighted by Crippen LogP contribution is 2.26. The Bertz CT molecular complexity index is 306. The van der Waals surface area contributed by atoms with E-state index in [0.29, 0.717) is 6.61 Å². The summed E-state index contributed by atoms with van der Waals surface area (Å²) in [7, 11) is 1.35. The van der Waals surface area contributed by atoms with E-state index in [1.54, 1.807) is 4.90 Å². The average molecular weight is 255 g/mol. The van der Waals surface area contributed by atoms with Crippen LogP contribution >= 0.6 is 0 Å². The number of carbonyl (C=O) groups excluding carboxylic acids is 2. The van der Waals surface area contributed by atoms with Crippen molar-refractivity contribution in [3.63, 3.8) is 0 Å². The summed E-state index contributed by atoms with van der Waals surface area (Å²) in [5, 5.41) is 0. The lowest BCUT2D eigenvalue weighted by Gasteiger charge is -2.29. The lowest BCUT2D eigenvalue weighted by atomic mass is 10.1. The number of amides is 1. The molecule has 2 fully saturated rings. The van der Waals surface area contributed by atoms with Crippen molar-refractivity contribution < 1.29 is 19.1 Å². The van der Waals surface area contributed by atoms with Crippen LogP contribution in [0.2, 0.25) is 0 Å². The van der Waals surface area contributed by atoms with E-state index in [-0.39, 0.29) is 30.6 Å². The van der Waals surface area contributed by atoms with Crippen LogP contribution in [0.25, 0.3) is 0 Å². The Hall–Kier alpha value is -1.10. The van der Waals surface area contributed by atoms with Crippen LogP contribution in [0.3, 0.4) is 0 Å². The molecule has 2 rings (SSSR count). The molecule has 1 aliphatic carbocycles. The maximum Gasteiger partial charge on any atom is 0.325 e. The molecule has 1 heterocycles. The lowest BCUT2D eigenvalue weighted by molar-refractivity contribution is -0.153. The molecule has 18 heavy (non-hydrogen) atoms. The van der Waals surface area contributed by atoms with Gasteiger partial charge in [0.25, 0.3) is 5.91 Å². The summed E-state index contributed by atoms with van der Waals surface area (Å²) in [6.45, 7) is 0.701. The molecule has 1 saturated heterocycles. The average Bonchev–Trinajstić information content (AvgIpc) is 3.06. The van der Waals surface area contributed by atoms with Gasteiger partial charge in [0, 0.05) is 12.6 Å². The normalized spacial score (nSPS) is 24.2. The van der Waals surface area contributed by atoms with E-state index in [2.05, 4.69) is 4.74 Å². The maximum atomic E-state index is 12.4. The molecular weight excluding hydrogens is 234 g/mol. The number of methoxy groups -OCH3 is 1. The highest BCUT2D eigenvalue weighted by Gasteiger charge is 2.34. The molecule has 0 bridgehead atoms. The van der Waals surface area contributed by atoms with Gasteiger partial charge in [0.05, 0.1) is 7.11 Å². The number of esters is 1. The molecule has 0 aromatic rings. The van der Waals surface area contributed by atoms with Crippen LogP contribution in [0.5, 0.6) is 0 Å². The third kappa shape index (κ3) is 3.02. The predicted octanol–water partition coefficient (Wildman–Crippen LogP) is 1.11. The first kappa shape index (κ1) is 13.3. The minimum atomic E-state index is -0.353. The van der Waals surface area contributed by atoms with Gasteiger partial charge in [-0.3, -0.25) is 9.59 Å². The van der Waals surface area contributed by atoms with Crippen LogP contribution in [0, 0.1) is 0 Å². The highest BCUT2D eigenvalue weighted by atomic mass is 16.5. The quantitative estimate of drug-likeness (QED) is 0.706. The molecule has 1 amide bonds. The largest absolute Gasteiger partial charge is 0.468 e. The van der Waals surface area contributed by atoms with Crippen molar-refractivity contribution in [1.29, 1.82) is 0 Å². The summed E-state index contributed by atoms with van der Waals surface area (Å²) >= 11 is 0. The molecule has 5 nitrogen and oxygen atoms in total. The van der Waals surface area contributed by atoms with E-state index >= 15 is 0 Å². The van der Waals surface area contributed by atoms with Crippen LogP contribution in [-0.4, -0.2) is 49.2 Å². The monoisotopic (exact) mass is 255 g/mol. The summed E-state index contributed by atoms with van der Waals surface area (Å²) in [6, 6.07) is 0.181. The Morgan fingerprint density at radius 1 is 1.22 bits per heavy atom. The summed E-state index contributed by atoms with van der Waals surface area (Å²) in [5.74, 6) is -0.391. The zero-order valence-corrected chi connectivity index (χ0v) is 10.9. The van der Waals surface area contributed by atoms with Gasteiger partial charge < -0.3 is 14.4 Å². The number of ether oxygens (including phenoxy) is 2. The highest BCUT2D eigenvalue weighted by molar-refractivity contribution is 5.85. The summed E-state index contributed by atoms with van der Waals surface area (Å²) in [5.41, 5.74) is 0. The molecule has 1 aliphatic heterocycles. The molecule has 1 atom stereocenters. The van der Waals surface area contributed by atoms with Crippen molar-refractivity contribution in [1.82, 2.24) is 4.90 Å². The van der Waals surface area contributed by atoms with Gasteiger partial charge in [0.15, 0.2) is 0 Å². The van der Waals surface area contributed by atoms with Gasteiger partial charge in [0.2, 0.25) is 0 Å². The van der Waals surface area contributed by atoms with E-state index in [0.717, 1.165) is 38.5 Å². The van der Waals surface area contributed by atoms with E-state index < -0.39 is 0 Å². The third-order valence-electron chi connectivity index (χ3n) is 3.78. The molecule has 5 heteroatoms. The second-order valence-electron chi connectivity index (χ2n) is 4.98. The van der Waals surface area contributed by atoms with Crippen LogP contribution in [0.1, 0.15) is 38.5 Å². The van der Waals surface area contributed by atoms with Crippen LogP contribution in [0.15, 0.2) is 0 Å². The molecule has 0 radical (unpaired) electrons. The summed E-state index contributed by atoms with van der Waals surface area (Å²) < 4.78 is 10.1. The number of carbonyl (C=O) groups is 2. The van der Waals surface area contributed by atoms with Crippen molar-refractivity contribution in [3.8, 4) is 0 Å². The van der Waals surface area contributed by atoms with Gasteiger partial charge in [-0.15, -0.1) is 0 Å². The van der Waals surface area contributed by atoms with Gasteiger partial charge in [-0.2, -0.15) is 0 Å². The predicted molar refractivity (Wildman–Crippen MR) is 65.0 cm³/mol. The SMILES string of the molecule is COC(=O)CN(C(=O)[C@@H]1CCCO1)C1CCCC1. The van der Waals surface area contributed by atoms with E-state index in [9.17, 15) is 9.59 Å². The van der Waals surface area contributed by atoms with Gasteiger partial charge in [0.1, 0.15) is 12.6 Å². The molecule has 0 aromatic heterocycles. The maximum absolute atomic E-state index is 12.4. The molecule has 102 valence electrons. The fourth-order valence-corrected chi connectivity index (χ4v) is 2.76. The van der Waals surface area contributed by atoms with E-state index in [4.69, 9.17) is 4.74 Å². The minimum Gasteiger partial charge on any atom is -0.468 e. The first-order valence-electron chi connectivity index (χ1n) is 6.71. The Labute approximate surface area is 107 Å². The number of hydrogen-bond acceptors (Lipinski definition) is 4. The first-order chi connectivity index (χ1) is 8.72. The van der Waals surface area contributed by atoms with Crippen molar-refractivity contribution in [2.45, 2.75) is 50.7 Å². The Balaban J connectivity index is 2.02. The fourth-order valence-electron chi connectivity index (χ4n) is 2.76. The smallest absolute Gasteiger partial charge is 0.325 e. The Morgan fingerprint density at radius 2 is 1.94 bits per heavy atom. The van der Waals surface area contributed by atoms with Gasteiger partial charge >= 0.3 is 5.97 Å². The minimum absolute atomic E-state index is 0.0372. The van der Waals surface area contributed by atoms with Gasteiger partial charge in [-0.1, -0.05) is 12.8 Å². The number of rotatable bonds is 4. The molecule has 0 N–H and O–H groups in total. The van der Waals surface area contributed by atoms with E-state index in [1.807, 2.05) is 0 Å². The molecule has 0 spiro atoms. The van der Waals surface area contributed by atoms with Crippen LogP contribution in [-0.2, 0) is 19.1 Å². The number of nitrogens with zero attached hydrogens (tertiary/aromatic N) is 1. The molecule has 0 aromatic carbocycles. The van der Waals surface area contributed by atoms with E-state index in [1.165, 1.54) is 7.11 Å². The second kappa shape index (κ2) is 6.18. The molecular formula is C13H21NO4. The van der Waals surface area contributed by atoms with Gasteiger partial charge in [-0.05, 0) is 25.7 Å². The summed E-state index contributed by atoms with van der Waals surface area (Å²) in [4.78, 5) is 25.5. The van der Waals surface area contributed by atoms with Gasteiger partial charge in [-0.25, -0.2) is 0 Å². The molecule has 1 saturated carbocycles. The van der Waals surface area contributed by atoms with Crippen molar-refractivity contribution in [3.05, 3.63) is 0 Å². The first-order valence-corrected chi connectivity index (χ1v) is 6.71. The Kier molecular flexibility index (Phi) is 4.58. The standard InChI is InChI=1S/C13H21NO4/c1-17-12(15)9-14(10-5-2-3-6-10)13(16)11-7-4-8-18-11/h10-11H,2-9H2,1H3/t11-/m0/s1. The zero-order valence-electron chi connectivity index (χ0n) is 10.9. The van der Waals surface area contributed by atoms with Crippen molar-refractivity contribution >= 4 is 11.9 Å². The topological polar surface area (TPSA) is 55.8 Å². The van der Waals surface area contributed by atoms with Crippen LogP contribution < -0.4 is 0 Å². The molecule has 2 aliphatic rings. The van der Waals surface area contributed by atoms with Crippen LogP contribution in [0.4, 0.5) is 0 Å².